The number of para-hydroxylation sites is 1. The summed E-state index contributed by atoms with van der Waals surface area (Å²) in [6, 6.07) is 19.3. The lowest BCUT2D eigenvalue weighted by atomic mass is 10.0. The summed E-state index contributed by atoms with van der Waals surface area (Å²) in [5.41, 5.74) is 2.93. The van der Waals surface area contributed by atoms with Gasteiger partial charge < -0.3 is 5.32 Å². The van der Waals surface area contributed by atoms with E-state index in [1.807, 2.05) is 30.3 Å². The van der Waals surface area contributed by atoms with Crippen LogP contribution in [0.15, 0.2) is 84.0 Å². The van der Waals surface area contributed by atoms with Crippen molar-refractivity contribution >= 4 is 32.3 Å². The average Bonchev–Trinajstić information content (AvgIpc) is 2.73. The third kappa shape index (κ3) is 4.00. The molecule has 144 valence electrons. The van der Waals surface area contributed by atoms with Gasteiger partial charge in [0.15, 0.2) is 9.84 Å². The van der Waals surface area contributed by atoms with E-state index < -0.39 is 9.84 Å². The fraction of sp³-hybridized carbons (Fsp3) is 0.0455. The second-order valence-electron chi connectivity index (χ2n) is 6.57. The molecule has 2 aromatic heterocycles. The second-order valence-corrected chi connectivity index (χ2v) is 8.59. The first kappa shape index (κ1) is 18.8. The lowest BCUT2D eigenvalue weighted by Gasteiger charge is -2.10. The van der Waals surface area contributed by atoms with Crippen LogP contribution < -0.4 is 5.32 Å². The van der Waals surface area contributed by atoms with Crippen molar-refractivity contribution in [3.8, 4) is 11.1 Å². The van der Waals surface area contributed by atoms with Crippen molar-refractivity contribution in [2.24, 2.45) is 0 Å². The van der Waals surface area contributed by atoms with Crippen LogP contribution in [0.25, 0.3) is 22.0 Å². The molecule has 2 aromatic carbocycles. The summed E-state index contributed by atoms with van der Waals surface area (Å²) in [4.78, 5) is 21.4. The van der Waals surface area contributed by atoms with Crippen LogP contribution in [0.3, 0.4) is 0 Å². The van der Waals surface area contributed by atoms with Gasteiger partial charge in [0.2, 0.25) is 0 Å². The van der Waals surface area contributed by atoms with Gasteiger partial charge in [-0.05, 0) is 35.9 Å². The lowest BCUT2D eigenvalue weighted by molar-refractivity contribution is 0.102. The summed E-state index contributed by atoms with van der Waals surface area (Å²) in [5, 5.41) is 3.62. The van der Waals surface area contributed by atoms with Crippen LogP contribution in [0.5, 0.6) is 0 Å². The molecule has 6 nitrogen and oxygen atoms in total. The Bertz CT molecular complexity index is 1320. The summed E-state index contributed by atoms with van der Waals surface area (Å²) in [6.45, 7) is 0. The minimum atomic E-state index is -3.33. The highest BCUT2D eigenvalue weighted by molar-refractivity contribution is 7.90. The van der Waals surface area contributed by atoms with E-state index >= 15 is 0 Å². The highest BCUT2D eigenvalue weighted by atomic mass is 32.2. The van der Waals surface area contributed by atoms with E-state index in [-0.39, 0.29) is 16.5 Å². The zero-order valence-electron chi connectivity index (χ0n) is 15.5. The number of nitrogens with zero attached hydrogens (tertiary/aromatic N) is 2. The molecule has 0 aliphatic heterocycles. The van der Waals surface area contributed by atoms with E-state index in [0.717, 1.165) is 16.5 Å². The predicted octanol–water partition coefficient (Wildman–Crippen LogP) is 3.95. The van der Waals surface area contributed by atoms with Gasteiger partial charge in [0.1, 0.15) is 5.69 Å². The summed E-state index contributed by atoms with van der Waals surface area (Å²) < 4.78 is 23.8. The van der Waals surface area contributed by atoms with Crippen LogP contribution in [0.1, 0.15) is 10.5 Å². The smallest absolute Gasteiger partial charge is 0.274 e. The van der Waals surface area contributed by atoms with Gasteiger partial charge in [-0.3, -0.25) is 9.78 Å². The molecule has 29 heavy (non-hydrogen) atoms. The van der Waals surface area contributed by atoms with Crippen molar-refractivity contribution in [1.82, 2.24) is 9.97 Å². The zero-order valence-corrected chi connectivity index (χ0v) is 16.3. The van der Waals surface area contributed by atoms with Crippen LogP contribution in [0.4, 0.5) is 5.69 Å². The number of aromatic nitrogens is 2. The normalized spacial score (nSPS) is 11.3. The van der Waals surface area contributed by atoms with Crippen molar-refractivity contribution in [3.63, 3.8) is 0 Å². The zero-order chi connectivity index (χ0) is 20.4. The molecule has 0 unspecified atom stereocenters. The van der Waals surface area contributed by atoms with Crippen molar-refractivity contribution < 1.29 is 13.2 Å². The maximum atomic E-state index is 12.6. The number of nitrogens with one attached hydrogen (secondary N) is 1. The number of pyridine rings is 2. The molecule has 1 amide bonds. The third-order valence-corrected chi connectivity index (χ3v) is 5.56. The average molecular weight is 403 g/mol. The standard InChI is InChI=1S/C22H17N3O3S/c1-29(27,28)18-8-2-6-16(13-18)19-9-3-5-15-10-11-20(25-21(15)19)22(26)24-17-7-4-12-23-14-17/h2-14H,1H3,(H,24,26). The van der Waals surface area contributed by atoms with Crippen LogP contribution >= 0.6 is 0 Å². The quantitative estimate of drug-likeness (QED) is 0.557. The Morgan fingerprint density at radius 3 is 2.55 bits per heavy atom. The fourth-order valence-electron chi connectivity index (χ4n) is 3.03. The molecule has 0 saturated carbocycles. The SMILES string of the molecule is CS(=O)(=O)c1cccc(-c2cccc3ccc(C(=O)Nc4cccnc4)nc23)c1. The summed E-state index contributed by atoms with van der Waals surface area (Å²) in [6.07, 6.45) is 4.36. The van der Waals surface area contributed by atoms with Gasteiger partial charge >= 0.3 is 0 Å². The molecule has 0 aliphatic rings. The van der Waals surface area contributed by atoms with Gasteiger partial charge in [-0.2, -0.15) is 0 Å². The Hall–Kier alpha value is -3.58. The number of anilines is 1. The molecule has 0 radical (unpaired) electrons. The van der Waals surface area contributed by atoms with Crippen molar-refractivity contribution in [1.29, 1.82) is 0 Å². The molecule has 0 bridgehead atoms. The minimum absolute atomic E-state index is 0.234. The van der Waals surface area contributed by atoms with Gasteiger partial charge in [-0.15, -0.1) is 0 Å². The largest absolute Gasteiger partial charge is 0.319 e. The van der Waals surface area contributed by atoms with E-state index in [1.165, 1.54) is 6.26 Å². The molecule has 1 N–H and O–H groups in total. The number of benzene rings is 2. The second kappa shape index (κ2) is 7.44. The molecule has 2 heterocycles. The van der Waals surface area contributed by atoms with E-state index in [9.17, 15) is 13.2 Å². The van der Waals surface area contributed by atoms with Crippen LogP contribution in [0, 0.1) is 0 Å². The van der Waals surface area contributed by atoms with Gasteiger partial charge in [0.25, 0.3) is 5.91 Å². The van der Waals surface area contributed by atoms with E-state index in [0.29, 0.717) is 11.2 Å². The Morgan fingerprint density at radius 2 is 1.79 bits per heavy atom. The molecule has 0 aliphatic carbocycles. The monoisotopic (exact) mass is 403 g/mol. The van der Waals surface area contributed by atoms with Gasteiger partial charge in [-0.25, -0.2) is 13.4 Å². The molecule has 0 saturated heterocycles. The topological polar surface area (TPSA) is 89.0 Å². The number of rotatable bonds is 4. The molecule has 7 heteroatoms. The van der Waals surface area contributed by atoms with E-state index in [4.69, 9.17) is 0 Å². The number of carbonyl (C=O) groups is 1. The number of fused-ring (bicyclic) bond motifs is 1. The van der Waals surface area contributed by atoms with Gasteiger partial charge in [0.05, 0.1) is 22.3 Å². The molecule has 4 aromatic rings. The molecule has 0 spiro atoms. The van der Waals surface area contributed by atoms with E-state index in [1.54, 1.807) is 48.8 Å². The first-order valence-electron chi connectivity index (χ1n) is 8.83. The number of hydrogen-bond donors (Lipinski definition) is 1. The first-order chi connectivity index (χ1) is 13.9. The minimum Gasteiger partial charge on any atom is -0.319 e. The Morgan fingerprint density at radius 1 is 0.966 bits per heavy atom. The van der Waals surface area contributed by atoms with Crippen molar-refractivity contribution in [2.45, 2.75) is 4.90 Å². The molecule has 4 rings (SSSR count). The third-order valence-electron chi connectivity index (χ3n) is 4.45. The van der Waals surface area contributed by atoms with Crippen LogP contribution in [0.2, 0.25) is 0 Å². The number of sulfone groups is 1. The molecule has 0 fully saturated rings. The Balaban J connectivity index is 1.78. The number of amides is 1. The number of hydrogen-bond acceptors (Lipinski definition) is 5. The van der Waals surface area contributed by atoms with Crippen molar-refractivity contribution in [3.05, 3.63) is 84.8 Å². The first-order valence-corrected chi connectivity index (χ1v) is 10.7. The fourth-order valence-corrected chi connectivity index (χ4v) is 3.70. The molecular weight excluding hydrogens is 386 g/mol. The summed E-state index contributed by atoms with van der Waals surface area (Å²) >= 11 is 0. The van der Waals surface area contributed by atoms with Crippen molar-refractivity contribution in [2.75, 3.05) is 11.6 Å². The van der Waals surface area contributed by atoms with Crippen LogP contribution in [-0.4, -0.2) is 30.5 Å². The Kier molecular flexibility index (Phi) is 4.82. The van der Waals surface area contributed by atoms with Gasteiger partial charge in [0, 0.05) is 23.4 Å². The lowest BCUT2D eigenvalue weighted by Crippen LogP contribution is -2.13. The maximum Gasteiger partial charge on any atom is 0.274 e. The van der Waals surface area contributed by atoms with Gasteiger partial charge in [-0.1, -0.05) is 36.4 Å². The molecule has 0 atom stereocenters. The van der Waals surface area contributed by atoms with E-state index in [2.05, 4.69) is 15.3 Å². The highest BCUT2D eigenvalue weighted by Gasteiger charge is 2.13. The number of carbonyl (C=O) groups excluding carboxylic acids is 1. The van der Waals surface area contributed by atoms with Crippen LogP contribution in [-0.2, 0) is 9.84 Å². The maximum absolute atomic E-state index is 12.6. The summed E-state index contributed by atoms with van der Waals surface area (Å²) in [7, 11) is -3.33. The Labute approximate surface area is 168 Å². The summed E-state index contributed by atoms with van der Waals surface area (Å²) in [5.74, 6) is -0.348. The highest BCUT2D eigenvalue weighted by Crippen LogP contribution is 2.29. The predicted molar refractivity (Wildman–Crippen MR) is 112 cm³/mol. The molecular formula is C22H17N3O3S.